The van der Waals surface area contributed by atoms with E-state index in [1.54, 1.807) is 14.1 Å². The molecule has 94 valence electrons. The van der Waals surface area contributed by atoms with Crippen LogP contribution in [0.4, 0.5) is 16.2 Å². The van der Waals surface area contributed by atoms with Crippen LogP contribution in [0.3, 0.4) is 0 Å². The molecule has 0 atom stereocenters. The number of hydrogen-bond donors (Lipinski definition) is 3. The highest BCUT2D eigenvalue weighted by Crippen LogP contribution is 2.16. The molecule has 0 saturated heterocycles. The first-order chi connectivity index (χ1) is 8.00. The van der Waals surface area contributed by atoms with E-state index in [0.29, 0.717) is 13.1 Å². The van der Waals surface area contributed by atoms with Crippen LogP contribution in [0.2, 0.25) is 0 Å². The molecule has 1 aromatic rings. The molecule has 0 saturated carbocycles. The van der Waals surface area contributed by atoms with Crippen molar-refractivity contribution in [2.45, 2.75) is 6.92 Å². The van der Waals surface area contributed by atoms with Crippen molar-refractivity contribution in [3.05, 3.63) is 23.8 Å². The van der Waals surface area contributed by atoms with Gasteiger partial charge in [-0.05, 0) is 30.7 Å². The lowest BCUT2D eigenvalue weighted by atomic mass is 10.2. The summed E-state index contributed by atoms with van der Waals surface area (Å²) in [7, 11) is 3.43. The van der Waals surface area contributed by atoms with Crippen LogP contribution in [-0.2, 0) is 0 Å². The van der Waals surface area contributed by atoms with E-state index in [2.05, 4.69) is 10.6 Å². The molecule has 0 aromatic heterocycles. The van der Waals surface area contributed by atoms with E-state index in [9.17, 15) is 4.79 Å². The Kier molecular flexibility index (Phi) is 4.63. The van der Waals surface area contributed by atoms with Crippen molar-refractivity contribution in [2.24, 2.45) is 0 Å². The molecular weight excluding hydrogens is 216 g/mol. The maximum atomic E-state index is 11.2. The van der Waals surface area contributed by atoms with Gasteiger partial charge in [0, 0.05) is 38.6 Å². The number of nitrogens with one attached hydrogen (secondary N) is 2. The van der Waals surface area contributed by atoms with Gasteiger partial charge < -0.3 is 21.3 Å². The number of anilines is 2. The average Bonchev–Trinajstić information content (AvgIpc) is 2.26. The van der Waals surface area contributed by atoms with Gasteiger partial charge in [0.1, 0.15) is 0 Å². The van der Waals surface area contributed by atoms with Gasteiger partial charge in [0.2, 0.25) is 0 Å². The third kappa shape index (κ3) is 4.22. The van der Waals surface area contributed by atoms with Crippen LogP contribution < -0.4 is 16.4 Å². The van der Waals surface area contributed by atoms with Gasteiger partial charge in [0.05, 0.1) is 0 Å². The number of urea groups is 1. The van der Waals surface area contributed by atoms with E-state index in [4.69, 9.17) is 5.73 Å². The lowest BCUT2D eigenvalue weighted by Gasteiger charge is -2.13. The molecule has 1 aromatic carbocycles. The topological polar surface area (TPSA) is 70.4 Å². The molecule has 0 bridgehead atoms. The summed E-state index contributed by atoms with van der Waals surface area (Å²) in [6.07, 6.45) is 0. The molecule has 5 nitrogen and oxygen atoms in total. The van der Waals surface area contributed by atoms with Crippen molar-refractivity contribution in [1.82, 2.24) is 10.2 Å². The molecule has 0 radical (unpaired) electrons. The number of carbonyl (C=O) groups excluding carboxylic acids is 1. The smallest absolute Gasteiger partial charge is 0.316 e. The highest BCUT2D eigenvalue weighted by atomic mass is 16.2. The molecule has 0 fully saturated rings. The number of rotatable bonds is 4. The van der Waals surface area contributed by atoms with Crippen molar-refractivity contribution >= 4 is 17.4 Å². The molecule has 4 N–H and O–H groups in total. The maximum Gasteiger partial charge on any atom is 0.316 e. The van der Waals surface area contributed by atoms with Crippen LogP contribution in [0.25, 0.3) is 0 Å². The molecule has 0 heterocycles. The number of nitrogens with zero attached hydrogens (tertiary/aromatic N) is 1. The molecule has 5 heteroatoms. The van der Waals surface area contributed by atoms with E-state index >= 15 is 0 Å². The SMILES string of the molecule is Cc1cc(N)ccc1NCCNC(=O)N(C)C. The summed E-state index contributed by atoms with van der Waals surface area (Å²) in [4.78, 5) is 12.7. The predicted molar refractivity (Wildman–Crippen MR) is 71.2 cm³/mol. The normalized spacial score (nSPS) is 9.82. The number of benzene rings is 1. The Morgan fingerprint density at radius 3 is 2.65 bits per heavy atom. The van der Waals surface area contributed by atoms with Crippen LogP contribution in [0.15, 0.2) is 18.2 Å². The summed E-state index contributed by atoms with van der Waals surface area (Å²) < 4.78 is 0. The molecule has 2 amide bonds. The summed E-state index contributed by atoms with van der Waals surface area (Å²) in [6.45, 7) is 3.27. The first-order valence-electron chi connectivity index (χ1n) is 5.56. The number of nitrogens with two attached hydrogens (primary N) is 1. The highest BCUT2D eigenvalue weighted by molar-refractivity contribution is 5.73. The lowest BCUT2D eigenvalue weighted by Crippen LogP contribution is -2.37. The van der Waals surface area contributed by atoms with Crippen molar-refractivity contribution in [3.63, 3.8) is 0 Å². The van der Waals surface area contributed by atoms with Gasteiger partial charge in [-0.25, -0.2) is 4.79 Å². The van der Waals surface area contributed by atoms with E-state index in [-0.39, 0.29) is 6.03 Å². The molecule has 0 unspecified atom stereocenters. The van der Waals surface area contributed by atoms with Gasteiger partial charge in [0.15, 0.2) is 0 Å². The fraction of sp³-hybridized carbons (Fsp3) is 0.417. The van der Waals surface area contributed by atoms with Crippen molar-refractivity contribution in [1.29, 1.82) is 0 Å². The van der Waals surface area contributed by atoms with Gasteiger partial charge in [-0.15, -0.1) is 0 Å². The Bertz CT molecular complexity index is 390. The second-order valence-electron chi connectivity index (χ2n) is 4.13. The van der Waals surface area contributed by atoms with E-state index in [0.717, 1.165) is 16.9 Å². The van der Waals surface area contributed by atoms with Crippen LogP contribution in [0, 0.1) is 6.92 Å². The quantitative estimate of drug-likeness (QED) is 0.544. The fourth-order valence-corrected chi connectivity index (χ4v) is 1.41. The van der Waals surface area contributed by atoms with Gasteiger partial charge in [0.25, 0.3) is 0 Å². The zero-order valence-corrected chi connectivity index (χ0v) is 10.6. The molecule has 0 aliphatic carbocycles. The number of aryl methyl sites for hydroxylation is 1. The van der Waals surface area contributed by atoms with Gasteiger partial charge in [-0.2, -0.15) is 0 Å². The Morgan fingerprint density at radius 2 is 2.06 bits per heavy atom. The maximum absolute atomic E-state index is 11.2. The largest absolute Gasteiger partial charge is 0.399 e. The summed E-state index contributed by atoms with van der Waals surface area (Å²) in [5.41, 5.74) is 8.56. The first-order valence-corrected chi connectivity index (χ1v) is 5.56. The highest BCUT2D eigenvalue weighted by Gasteiger charge is 2.01. The number of carbonyl (C=O) groups is 1. The van der Waals surface area contributed by atoms with Crippen molar-refractivity contribution in [3.8, 4) is 0 Å². The zero-order chi connectivity index (χ0) is 12.8. The lowest BCUT2D eigenvalue weighted by molar-refractivity contribution is 0.218. The second kappa shape index (κ2) is 5.98. The minimum Gasteiger partial charge on any atom is -0.399 e. The minimum atomic E-state index is -0.0826. The molecule has 0 aliphatic heterocycles. The van der Waals surface area contributed by atoms with Crippen LogP contribution >= 0.6 is 0 Å². The predicted octanol–water partition coefficient (Wildman–Crippen LogP) is 1.26. The zero-order valence-electron chi connectivity index (χ0n) is 10.6. The Balaban J connectivity index is 2.34. The summed E-state index contributed by atoms with van der Waals surface area (Å²) in [5, 5.41) is 6.03. The van der Waals surface area contributed by atoms with Gasteiger partial charge in [-0.1, -0.05) is 0 Å². The van der Waals surface area contributed by atoms with Crippen LogP contribution in [0.5, 0.6) is 0 Å². The monoisotopic (exact) mass is 236 g/mol. The molecular formula is C12H20N4O. The Morgan fingerprint density at radius 1 is 1.35 bits per heavy atom. The fourth-order valence-electron chi connectivity index (χ4n) is 1.41. The molecule has 0 aliphatic rings. The van der Waals surface area contributed by atoms with Crippen molar-refractivity contribution in [2.75, 3.05) is 38.2 Å². The minimum absolute atomic E-state index is 0.0826. The van der Waals surface area contributed by atoms with Crippen molar-refractivity contribution < 1.29 is 4.79 Å². The second-order valence-corrected chi connectivity index (χ2v) is 4.13. The average molecular weight is 236 g/mol. The third-order valence-corrected chi connectivity index (χ3v) is 2.37. The number of amides is 2. The van der Waals surface area contributed by atoms with E-state index < -0.39 is 0 Å². The number of nitrogen functional groups attached to an aromatic ring is 1. The number of hydrogen-bond acceptors (Lipinski definition) is 3. The Hall–Kier alpha value is -1.91. The summed E-state index contributed by atoms with van der Waals surface area (Å²) in [6, 6.07) is 5.63. The Labute approximate surface area is 102 Å². The van der Waals surface area contributed by atoms with E-state index in [1.807, 2.05) is 25.1 Å². The summed E-state index contributed by atoms with van der Waals surface area (Å²) in [5.74, 6) is 0. The van der Waals surface area contributed by atoms with Gasteiger partial charge in [-0.3, -0.25) is 0 Å². The first kappa shape index (κ1) is 13.2. The van der Waals surface area contributed by atoms with Gasteiger partial charge >= 0.3 is 6.03 Å². The third-order valence-electron chi connectivity index (χ3n) is 2.37. The molecule has 0 spiro atoms. The standard InChI is InChI=1S/C12H20N4O/c1-9-8-10(13)4-5-11(9)14-6-7-15-12(17)16(2)3/h4-5,8,14H,6-7,13H2,1-3H3,(H,15,17). The van der Waals surface area contributed by atoms with E-state index in [1.165, 1.54) is 4.90 Å². The molecule has 1 rings (SSSR count). The van der Waals surface area contributed by atoms with Crippen LogP contribution in [0.1, 0.15) is 5.56 Å². The summed E-state index contributed by atoms with van der Waals surface area (Å²) >= 11 is 0. The van der Waals surface area contributed by atoms with Crippen LogP contribution in [-0.4, -0.2) is 38.1 Å². The molecule has 17 heavy (non-hydrogen) atoms.